The molecule has 0 saturated heterocycles. The molecule has 11 aromatic rings. The number of aryl methyl sites for hydroxylation is 2. The average Bonchev–Trinajstić information content (AvgIpc) is 3.73. The molecule has 0 N–H and O–H groups in total. The molecule has 2 heteroatoms. The molecule has 244 valence electrons. The molecule has 0 unspecified atom stereocenters. The molecular weight excluding hydrogens is 665 g/mol. The van der Waals surface area contributed by atoms with Crippen LogP contribution >= 0.6 is 22.7 Å². The number of hydrogen-bond acceptors (Lipinski definition) is 2. The highest BCUT2D eigenvalue weighted by atomic mass is 32.1. The molecule has 2 heterocycles. The van der Waals surface area contributed by atoms with Gasteiger partial charge in [0.2, 0.25) is 0 Å². The van der Waals surface area contributed by atoms with Crippen molar-refractivity contribution in [3.8, 4) is 33.4 Å². The van der Waals surface area contributed by atoms with Crippen molar-refractivity contribution in [2.75, 3.05) is 0 Å². The summed E-state index contributed by atoms with van der Waals surface area (Å²) in [6.07, 6.45) is 0. The van der Waals surface area contributed by atoms with Crippen LogP contribution < -0.4 is 0 Å². The molecule has 0 aliphatic carbocycles. The van der Waals surface area contributed by atoms with E-state index in [1.807, 2.05) is 22.7 Å². The maximum Gasteiger partial charge on any atom is 0.0355 e. The fourth-order valence-corrected chi connectivity index (χ4v) is 10.7. The van der Waals surface area contributed by atoms with Crippen LogP contribution in [-0.4, -0.2) is 0 Å². The van der Waals surface area contributed by atoms with Crippen molar-refractivity contribution in [1.29, 1.82) is 0 Å². The summed E-state index contributed by atoms with van der Waals surface area (Å²) < 4.78 is 5.36. The van der Waals surface area contributed by atoms with Crippen LogP contribution in [0, 0.1) is 13.8 Å². The molecule has 0 spiro atoms. The van der Waals surface area contributed by atoms with E-state index in [2.05, 4.69) is 172 Å². The first-order chi connectivity index (χ1) is 25.6. The maximum atomic E-state index is 2.43. The Morgan fingerprint density at radius 1 is 0.288 bits per heavy atom. The molecule has 0 saturated carbocycles. The predicted molar refractivity (Wildman–Crippen MR) is 231 cm³/mol. The lowest BCUT2D eigenvalue weighted by Crippen LogP contribution is -1.92. The van der Waals surface area contributed by atoms with E-state index in [1.165, 1.54) is 117 Å². The number of hydrogen-bond donors (Lipinski definition) is 0. The lowest BCUT2D eigenvalue weighted by atomic mass is 9.83. The Hall–Kier alpha value is -5.80. The highest BCUT2D eigenvalue weighted by Crippen LogP contribution is 2.48. The van der Waals surface area contributed by atoms with Gasteiger partial charge in [-0.1, -0.05) is 120 Å². The number of fused-ring (bicyclic) bond motifs is 9. The van der Waals surface area contributed by atoms with Gasteiger partial charge in [0, 0.05) is 40.3 Å². The van der Waals surface area contributed by atoms with Crippen LogP contribution in [0.5, 0.6) is 0 Å². The minimum Gasteiger partial charge on any atom is -0.135 e. The standard InChI is InChI=1S/C50H32S2/c1-29-15-21-45-41(25-29)43-27-31(17-23-47(43)51-45)33-19-20-40(35-10-4-3-9-34(33)35)50-38-13-7-5-11-36(38)49(37-12-6-8-14-39(37)50)32-18-24-48-44(28-32)42-26-30(2)16-22-46(42)52-48/h3-28H,1-2H3. The number of thiophene rings is 2. The van der Waals surface area contributed by atoms with E-state index in [0.717, 1.165) is 0 Å². The van der Waals surface area contributed by atoms with Gasteiger partial charge in [0.25, 0.3) is 0 Å². The second kappa shape index (κ2) is 11.4. The van der Waals surface area contributed by atoms with Gasteiger partial charge in [-0.15, -0.1) is 22.7 Å². The van der Waals surface area contributed by atoms with Gasteiger partial charge < -0.3 is 0 Å². The third-order valence-electron chi connectivity index (χ3n) is 11.0. The third kappa shape index (κ3) is 4.45. The van der Waals surface area contributed by atoms with Gasteiger partial charge in [-0.25, -0.2) is 0 Å². The molecule has 52 heavy (non-hydrogen) atoms. The summed E-state index contributed by atoms with van der Waals surface area (Å²) in [5, 5.41) is 13.0. The molecule has 0 aliphatic rings. The molecule has 0 fully saturated rings. The molecule has 0 nitrogen and oxygen atoms in total. The van der Waals surface area contributed by atoms with E-state index in [-0.39, 0.29) is 0 Å². The van der Waals surface area contributed by atoms with Crippen LogP contribution in [0.1, 0.15) is 11.1 Å². The normalized spacial score (nSPS) is 12.0. The lowest BCUT2D eigenvalue weighted by molar-refractivity contribution is 1.52. The van der Waals surface area contributed by atoms with E-state index in [0.29, 0.717) is 0 Å². The van der Waals surface area contributed by atoms with E-state index < -0.39 is 0 Å². The Labute approximate surface area is 309 Å². The van der Waals surface area contributed by atoms with Crippen LogP contribution in [0.3, 0.4) is 0 Å². The quantitative estimate of drug-likeness (QED) is 0.161. The van der Waals surface area contributed by atoms with Gasteiger partial charge in [-0.2, -0.15) is 0 Å². The Morgan fingerprint density at radius 3 is 1.21 bits per heavy atom. The summed E-state index contributed by atoms with van der Waals surface area (Å²) in [4.78, 5) is 0. The Balaban J connectivity index is 1.16. The van der Waals surface area contributed by atoms with Gasteiger partial charge in [0.1, 0.15) is 0 Å². The van der Waals surface area contributed by atoms with Crippen molar-refractivity contribution >= 4 is 95.3 Å². The highest BCUT2D eigenvalue weighted by Gasteiger charge is 2.20. The monoisotopic (exact) mass is 696 g/mol. The summed E-state index contributed by atoms with van der Waals surface area (Å²) in [5.74, 6) is 0. The predicted octanol–water partition coefficient (Wildman–Crippen LogP) is 15.5. The number of benzene rings is 9. The first-order valence-electron chi connectivity index (χ1n) is 17.9. The topological polar surface area (TPSA) is 0 Å². The Bertz CT molecular complexity index is 3210. The Kier molecular flexibility index (Phi) is 6.52. The van der Waals surface area contributed by atoms with E-state index >= 15 is 0 Å². The van der Waals surface area contributed by atoms with E-state index in [9.17, 15) is 0 Å². The first kappa shape index (κ1) is 29.9. The minimum absolute atomic E-state index is 1.26. The zero-order chi connectivity index (χ0) is 34.5. The largest absolute Gasteiger partial charge is 0.135 e. The molecule has 2 aromatic heterocycles. The van der Waals surface area contributed by atoms with Gasteiger partial charge in [-0.3, -0.25) is 0 Å². The first-order valence-corrected chi connectivity index (χ1v) is 19.5. The SMILES string of the molecule is Cc1ccc2sc3ccc(-c4ccc(-c5c6ccccc6c(-c6ccc7sc8ccc(C)cc8c7c6)c6ccccc56)c5ccccc45)cc3c2c1. The van der Waals surface area contributed by atoms with Crippen molar-refractivity contribution < 1.29 is 0 Å². The smallest absolute Gasteiger partial charge is 0.0355 e. The van der Waals surface area contributed by atoms with Crippen molar-refractivity contribution in [1.82, 2.24) is 0 Å². The molecule has 0 radical (unpaired) electrons. The van der Waals surface area contributed by atoms with Crippen molar-refractivity contribution in [3.63, 3.8) is 0 Å². The van der Waals surface area contributed by atoms with Crippen molar-refractivity contribution in [2.45, 2.75) is 13.8 Å². The van der Waals surface area contributed by atoms with Crippen LogP contribution in [-0.2, 0) is 0 Å². The fraction of sp³-hybridized carbons (Fsp3) is 0.0400. The van der Waals surface area contributed by atoms with Gasteiger partial charge in [0.15, 0.2) is 0 Å². The average molecular weight is 697 g/mol. The summed E-state index contributed by atoms with van der Waals surface area (Å²) in [7, 11) is 0. The van der Waals surface area contributed by atoms with Gasteiger partial charge in [0.05, 0.1) is 0 Å². The van der Waals surface area contributed by atoms with E-state index in [4.69, 9.17) is 0 Å². The zero-order valence-electron chi connectivity index (χ0n) is 28.8. The summed E-state index contributed by atoms with van der Waals surface area (Å²) >= 11 is 3.77. The zero-order valence-corrected chi connectivity index (χ0v) is 30.5. The third-order valence-corrected chi connectivity index (χ3v) is 13.3. The minimum atomic E-state index is 1.26. The van der Waals surface area contributed by atoms with Gasteiger partial charge >= 0.3 is 0 Å². The molecule has 0 amide bonds. The van der Waals surface area contributed by atoms with Crippen LogP contribution in [0.15, 0.2) is 158 Å². The lowest BCUT2D eigenvalue weighted by Gasteiger charge is -2.20. The summed E-state index contributed by atoms with van der Waals surface area (Å²) in [5.41, 5.74) is 10.3. The van der Waals surface area contributed by atoms with Crippen LogP contribution in [0.2, 0.25) is 0 Å². The molecule has 9 aromatic carbocycles. The van der Waals surface area contributed by atoms with E-state index in [1.54, 1.807) is 0 Å². The van der Waals surface area contributed by atoms with Crippen LogP contribution in [0.25, 0.3) is 106 Å². The maximum absolute atomic E-state index is 2.43. The number of rotatable bonds is 3. The molecule has 0 aliphatic heterocycles. The summed E-state index contributed by atoms with van der Waals surface area (Å²) in [6.45, 7) is 4.37. The fourth-order valence-electron chi connectivity index (χ4n) is 8.60. The second-order valence-corrected chi connectivity index (χ2v) is 16.3. The molecule has 11 rings (SSSR count). The highest BCUT2D eigenvalue weighted by molar-refractivity contribution is 7.26. The van der Waals surface area contributed by atoms with Crippen molar-refractivity contribution in [2.24, 2.45) is 0 Å². The molecule has 0 bridgehead atoms. The molecule has 0 atom stereocenters. The summed E-state index contributed by atoms with van der Waals surface area (Å²) in [6, 6.07) is 59.5. The second-order valence-electron chi connectivity index (χ2n) is 14.2. The van der Waals surface area contributed by atoms with Crippen molar-refractivity contribution in [3.05, 3.63) is 169 Å². The Morgan fingerprint density at radius 2 is 0.673 bits per heavy atom. The van der Waals surface area contributed by atoms with Crippen LogP contribution in [0.4, 0.5) is 0 Å². The molecular formula is C50H32S2. The van der Waals surface area contributed by atoms with Gasteiger partial charge in [-0.05, 0) is 128 Å².